The van der Waals surface area contributed by atoms with E-state index in [9.17, 15) is 0 Å². The zero-order chi connectivity index (χ0) is 10.7. The van der Waals surface area contributed by atoms with Crippen LogP contribution in [0.1, 0.15) is 10.4 Å². The number of ether oxygens (including phenoxy) is 1. The SMILES string of the molecule is COc1ccsc1CNc1cscc1C. The highest BCUT2D eigenvalue weighted by atomic mass is 32.1. The van der Waals surface area contributed by atoms with Crippen molar-refractivity contribution in [3.8, 4) is 5.75 Å². The van der Waals surface area contributed by atoms with Crippen LogP contribution in [0, 0.1) is 6.92 Å². The lowest BCUT2D eigenvalue weighted by Crippen LogP contribution is -1.98. The summed E-state index contributed by atoms with van der Waals surface area (Å²) >= 11 is 3.44. The summed E-state index contributed by atoms with van der Waals surface area (Å²) in [4.78, 5) is 1.24. The highest BCUT2D eigenvalue weighted by Crippen LogP contribution is 2.26. The van der Waals surface area contributed by atoms with Crippen molar-refractivity contribution < 1.29 is 4.74 Å². The van der Waals surface area contributed by atoms with Gasteiger partial charge in [0.2, 0.25) is 0 Å². The van der Waals surface area contributed by atoms with Crippen molar-refractivity contribution in [1.82, 2.24) is 0 Å². The Morgan fingerprint density at radius 3 is 2.93 bits per heavy atom. The standard InChI is InChI=1S/C11H13NOS2/c1-8-6-14-7-9(8)12-5-11-10(13-2)3-4-15-11/h3-4,6-7,12H,5H2,1-2H3. The molecule has 0 saturated heterocycles. The summed E-state index contributed by atoms with van der Waals surface area (Å²) in [7, 11) is 1.71. The van der Waals surface area contributed by atoms with Crippen LogP contribution in [0.4, 0.5) is 5.69 Å². The molecule has 0 saturated carbocycles. The van der Waals surface area contributed by atoms with Gasteiger partial charge in [-0.1, -0.05) is 0 Å². The maximum absolute atomic E-state index is 5.26. The van der Waals surface area contributed by atoms with E-state index in [0.717, 1.165) is 12.3 Å². The van der Waals surface area contributed by atoms with Gasteiger partial charge in [-0.3, -0.25) is 0 Å². The fraction of sp³-hybridized carbons (Fsp3) is 0.273. The highest BCUT2D eigenvalue weighted by Gasteiger charge is 2.05. The van der Waals surface area contributed by atoms with Crippen molar-refractivity contribution in [1.29, 1.82) is 0 Å². The van der Waals surface area contributed by atoms with E-state index in [-0.39, 0.29) is 0 Å². The minimum atomic E-state index is 0.832. The van der Waals surface area contributed by atoms with E-state index in [1.165, 1.54) is 16.1 Å². The molecule has 0 fully saturated rings. The second-order valence-electron chi connectivity index (χ2n) is 3.23. The quantitative estimate of drug-likeness (QED) is 0.877. The van der Waals surface area contributed by atoms with Crippen molar-refractivity contribution in [2.75, 3.05) is 12.4 Å². The van der Waals surface area contributed by atoms with Crippen molar-refractivity contribution in [3.05, 3.63) is 32.6 Å². The molecule has 15 heavy (non-hydrogen) atoms. The molecular weight excluding hydrogens is 226 g/mol. The largest absolute Gasteiger partial charge is 0.496 e. The molecule has 2 aromatic heterocycles. The summed E-state index contributed by atoms with van der Waals surface area (Å²) in [6, 6.07) is 2.00. The van der Waals surface area contributed by atoms with E-state index in [2.05, 4.69) is 28.4 Å². The molecule has 2 rings (SSSR count). The Bertz CT molecular complexity index is 433. The maximum atomic E-state index is 5.26. The van der Waals surface area contributed by atoms with E-state index in [1.54, 1.807) is 29.8 Å². The number of thiophene rings is 2. The number of hydrogen-bond acceptors (Lipinski definition) is 4. The number of rotatable bonds is 4. The number of anilines is 1. The fourth-order valence-corrected chi connectivity index (χ4v) is 2.94. The molecule has 0 amide bonds. The molecule has 0 aromatic carbocycles. The first-order valence-corrected chi connectivity index (χ1v) is 6.50. The third-order valence-corrected chi connectivity index (χ3v) is 3.98. The molecule has 0 aliphatic carbocycles. The van der Waals surface area contributed by atoms with Gasteiger partial charge in [0.25, 0.3) is 0 Å². The molecule has 0 atom stereocenters. The van der Waals surface area contributed by atoms with Gasteiger partial charge >= 0.3 is 0 Å². The van der Waals surface area contributed by atoms with Crippen LogP contribution >= 0.6 is 22.7 Å². The van der Waals surface area contributed by atoms with Crippen molar-refractivity contribution in [2.45, 2.75) is 13.5 Å². The zero-order valence-corrected chi connectivity index (χ0v) is 10.4. The summed E-state index contributed by atoms with van der Waals surface area (Å²) in [6.45, 7) is 2.95. The molecular formula is C11H13NOS2. The van der Waals surface area contributed by atoms with Crippen LogP contribution in [-0.4, -0.2) is 7.11 Å². The monoisotopic (exact) mass is 239 g/mol. The Balaban J connectivity index is 2.02. The van der Waals surface area contributed by atoms with Gasteiger partial charge in [-0.05, 0) is 29.3 Å². The summed E-state index contributed by atoms with van der Waals surface area (Å²) in [5.74, 6) is 0.973. The molecule has 0 aliphatic rings. The number of hydrogen-bond donors (Lipinski definition) is 1. The molecule has 1 N–H and O–H groups in total. The molecule has 0 bridgehead atoms. The molecule has 0 radical (unpaired) electrons. The number of methoxy groups -OCH3 is 1. The van der Waals surface area contributed by atoms with Gasteiger partial charge < -0.3 is 10.1 Å². The lowest BCUT2D eigenvalue weighted by atomic mass is 10.3. The van der Waals surface area contributed by atoms with Gasteiger partial charge in [0.15, 0.2) is 0 Å². The summed E-state index contributed by atoms with van der Waals surface area (Å²) in [5.41, 5.74) is 2.52. The normalized spacial score (nSPS) is 10.3. The zero-order valence-electron chi connectivity index (χ0n) is 8.74. The average Bonchev–Trinajstić information content (AvgIpc) is 2.83. The lowest BCUT2D eigenvalue weighted by Gasteiger charge is -2.05. The number of aryl methyl sites for hydroxylation is 1. The molecule has 2 nitrogen and oxygen atoms in total. The van der Waals surface area contributed by atoms with Crippen LogP contribution in [0.2, 0.25) is 0 Å². The average molecular weight is 239 g/mol. The Kier molecular flexibility index (Phi) is 3.28. The molecule has 2 heterocycles. The summed E-state index contributed by atoms with van der Waals surface area (Å²) in [6.07, 6.45) is 0. The first kappa shape index (κ1) is 10.5. The van der Waals surface area contributed by atoms with E-state index >= 15 is 0 Å². The van der Waals surface area contributed by atoms with E-state index in [0.29, 0.717) is 0 Å². The van der Waals surface area contributed by atoms with Crippen molar-refractivity contribution in [2.24, 2.45) is 0 Å². The van der Waals surface area contributed by atoms with E-state index in [1.807, 2.05) is 6.07 Å². The summed E-state index contributed by atoms with van der Waals surface area (Å²) in [5, 5.41) is 9.74. The topological polar surface area (TPSA) is 21.3 Å². The minimum Gasteiger partial charge on any atom is -0.496 e. The predicted octanol–water partition coefficient (Wildman–Crippen LogP) is 3.74. The van der Waals surface area contributed by atoms with Gasteiger partial charge in [0.1, 0.15) is 5.75 Å². The summed E-state index contributed by atoms with van der Waals surface area (Å²) < 4.78 is 5.26. The van der Waals surface area contributed by atoms with Gasteiger partial charge in [0.05, 0.1) is 18.5 Å². The van der Waals surface area contributed by atoms with Gasteiger partial charge in [-0.15, -0.1) is 22.7 Å². The van der Waals surface area contributed by atoms with Crippen LogP contribution in [0.3, 0.4) is 0 Å². The Morgan fingerprint density at radius 1 is 1.40 bits per heavy atom. The predicted molar refractivity (Wildman–Crippen MR) is 67.3 cm³/mol. The van der Waals surface area contributed by atoms with Crippen molar-refractivity contribution in [3.63, 3.8) is 0 Å². The van der Waals surface area contributed by atoms with Gasteiger partial charge in [-0.2, -0.15) is 0 Å². The second kappa shape index (κ2) is 4.68. The molecule has 4 heteroatoms. The van der Waals surface area contributed by atoms with Crippen LogP contribution in [-0.2, 0) is 6.54 Å². The lowest BCUT2D eigenvalue weighted by molar-refractivity contribution is 0.413. The van der Waals surface area contributed by atoms with Crippen molar-refractivity contribution >= 4 is 28.4 Å². The van der Waals surface area contributed by atoms with Gasteiger partial charge in [0, 0.05) is 11.1 Å². The van der Waals surface area contributed by atoms with Crippen LogP contribution in [0.25, 0.3) is 0 Å². The molecule has 2 aromatic rings. The van der Waals surface area contributed by atoms with E-state index in [4.69, 9.17) is 4.74 Å². The Hall–Kier alpha value is -1.00. The van der Waals surface area contributed by atoms with Crippen LogP contribution in [0.15, 0.2) is 22.2 Å². The molecule has 0 aliphatic heterocycles. The Labute approximate surface area is 97.5 Å². The third-order valence-electron chi connectivity index (χ3n) is 2.22. The number of nitrogens with one attached hydrogen (secondary N) is 1. The smallest absolute Gasteiger partial charge is 0.134 e. The highest BCUT2D eigenvalue weighted by molar-refractivity contribution is 7.10. The second-order valence-corrected chi connectivity index (χ2v) is 4.98. The first-order valence-electron chi connectivity index (χ1n) is 4.68. The van der Waals surface area contributed by atoms with E-state index < -0.39 is 0 Å². The molecule has 80 valence electrons. The molecule has 0 spiro atoms. The first-order chi connectivity index (χ1) is 7.31. The third kappa shape index (κ3) is 2.33. The maximum Gasteiger partial charge on any atom is 0.134 e. The van der Waals surface area contributed by atoms with Crippen LogP contribution < -0.4 is 10.1 Å². The van der Waals surface area contributed by atoms with Crippen LogP contribution in [0.5, 0.6) is 5.75 Å². The van der Waals surface area contributed by atoms with Gasteiger partial charge in [-0.25, -0.2) is 0 Å². The Morgan fingerprint density at radius 2 is 2.27 bits per heavy atom. The fourth-order valence-electron chi connectivity index (χ4n) is 1.36. The minimum absolute atomic E-state index is 0.832. The molecule has 0 unspecified atom stereocenters.